The minimum Gasteiger partial charge on any atom is -0.335 e. The first-order valence-corrected chi connectivity index (χ1v) is 4.96. The molecule has 1 atom stereocenters. The van der Waals surface area contributed by atoms with Gasteiger partial charge >= 0.3 is 0 Å². The van der Waals surface area contributed by atoms with Gasteiger partial charge in [0.2, 0.25) is 0 Å². The van der Waals surface area contributed by atoms with Crippen molar-refractivity contribution in [3.05, 3.63) is 41.2 Å². The quantitative estimate of drug-likeness (QED) is 0.494. The van der Waals surface area contributed by atoms with Gasteiger partial charge in [0.05, 0.1) is 0 Å². The van der Waals surface area contributed by atoms with Crippen molar-refractivity contribution in [1.29, 1.82) is 0 Å². The highest BCUT2D eigenvalue weighted by atomic mass is 35.5. The third-order valence-corrected chi connectivity index (χ3v) is 2.13. The molecule has 1 amide bonds. The van der Waals surface area contributed by atoms with Gasteiger partial charge in [0.15, 0.2) is 0 Å². The molecule has 0 aliphatic heterocycles. The molecule has 16 heavy (non-hydrogen) atoms. The van der Waals surface area contributed by atoms with Gasteiger partial charge in [0.1, 0.15) is 11.2 Å². The van der Waals surface area contributed by atoms with E-state index in [1.165, 1.54) is 12.3 Å². The lowest BCUT2D eigenvalue weighted by atomic mass is 10.1. The number of carbonyl (C=O) groups is 1. The van der Waals surface area contributed by atoms with Crippen LogP contribution in [0.4, 0.5) is 0 Å². The van der Waals surface area contributed by atoms with E-state index in [2.05, 4.69) is 22.8 Å². The molecule has 0 aliphatic carbocycles. The maximum atomic E-state index is 11.7. The Kier molecular flexibility index (Phi) is 4.10. The average Bonchev–Trinajstić information content (AvgIpc) is 2.25. The fraction of sp³-hybridized carbons (Fsp3) is 0.167. The molecule has 0 aromatic carbocycles. The molecule has 3 nitrogen and oxygen atoms in total. The highest BCUT2D eigenvalue weighted by molar-refractivity contribution is 6.29. The lowest BCUT2D eigenvalue weighted by molar-refractivity contribution is 0.0950. The van der Waals surface area contributed by atoms with E-state index in [9.17, 15) is 4.79 Å². The summed E-state index contributed by atoms with van der Waals surface area (Å²) in [6, 6.07) is 2.57. The molecule has 1 aromatic rings. The molecule has 0 saturated carbocycles. The normalized spacial score (nSPS) is 11.3. The second-order valence-corrected chi connectivity index (χ2v) is 3.67. The third kappa shape index (κ3) is 3.11. The smallest absolute Gasteiger partial charge is 0.252 e. The number of terminal acetylenes is 1. The topological polar surface area (TPSA) is 42.0 Å². The average molecular weight is 235 g/mol. The fourth-order valence-corrected chi connectivity index (χ4v) is 1.24. The molecule has 0 unspecified atom stereocenters. The Labute approximate surface area is 99.5 Å². The molecular formula is C12H11ClN2O. The summed E-state index contributed by atoms with van der Waals surface area (Å²) in [5.41, 5.74) is 1.12. The van der Waals surface area contributed by atoms with Crippen LogP contribution >= 0.6 is 11.6 Å². The minimum atomic E-state index is -0.473. The first-order chi connectivity index (χ1) is 7.54. The van der Waals surface area contributed by atoms with E-state index in [1.54, 1.807) is 13.0 Å². The zero-order chi connectivity index (χ0) is 12.1. The Hall–Kier alpha value is -1.79. The van der Waals surface area contributed by atoms with Gasteiger partial charge in [-0.3, -0.25) is 4.79 Å². The van der Waals surface area contributed by atoms with Crippen LogP contribution in [-0.2, 0) is 0 Å². The largest absolute Gasteiger partial charge is 0.335 e. The van der Waals surface area contributed by atoms with Crippen LogP contribution in [0.25, 0.3) is 0 Å². The third-order valence-electron chi connectivity index (χ3n) is 1.92. The van der Waals surface area contributed by atoms with Crippen LogP contribution in [0.3, 0.4) is 0 Å². The Balaban J connectivity index is 2.81. The highest BCUT2D eigenvalue weighted by Gasteiger charge is 2.12. The van der Waals surface area contributed by atoms with Gasteiger partial charge in [-0.15, -0.1) is 6.42 Å². The molecule has 4 heteroatoms. The van der Waals surface area contributed by atoms with Gasteiger partial charge in [0, 0.05) is 11.8 Å². The number of nitrogens with one attached hydrogen (secondary N) is 1. The van der Waals surface area contributed by atoms with Crippen LogP contribution in [0.2, 0.25) is 5.15 Å². The number of halogens is 1. The summed E-state index contributed by atoms with van der Waals surface area (Å²) in [4.78, 5) is 15.5. The van der Waals surface area contributed by atoms with Crippen LogP contribution in [0.15, 0.2) is 30.5 Å². The molecule has 1 rings (SSSR count). The van der Waals surface area contributed by atoms with Gasteiger partial charge < -0.3 is 5.32 Å². The second kappa shape index (κ2) is 5.34. The van der Waals surface area contributed by atoms with E-state index in [4.69, 9.17) is 18.0 Å². The fourth-order valence-electron chi connectivity index (χ4n) is 1.07. The number of carbonyl (C=O) groups excluding carboxylic acids is 1. The van der Waals surface area contributed by atoms with Crippen molar-refractivity contribution in [2.24, 2.45) is 0 Å². The van der Waals surface area contributed by atoms with E-state index in [-0.39, 0.29) is 11.1 Å². The molecule has 0 radical (unpaired) electrons. The summed E-state index contributed by atoms with van der Waals surface area (Å²) in [6.07, 6.45) is 6.73. The van der Waals surface area contributed by atoms with Crippen molar-refractivity contribution >= 4 is 17.5 Å². The Bertz CT molecular complexity index is 462. The molecule has 1 N–H and O–H groups in total. The zero-order valence-electron chi connectivity index (χ0n) is 8.83. The van der Waals surface area contributed by atoms with Crippen LogP contribution in [0, 0.1) is 12.3 Å². The Morgan fingerprint density at radius 2 is 2.44 bits per heavy atom. The van der Waals surface area contributed by atoms with Crippen molar-refractivity contribution in [3.63, 3.8) is 0 Å². The van der Waals surface area contributed by atoms with Crippen molar-refractivity contribution in [2.45, 2.75) is 13.0 Å². The number of amides is 1. The summed E-state index contributed by atoms with van der Waals surface area (Å²) < 4.78 is 0. The first kappa shape index (κ1) is 12.3. The Morgan fingerprint density at radius 1 is 1.75 bits per heavy atom. The lowest BCUT2D eigenvalue weighted by Crippen LogP contribution is -2.34. The molecule has 0 fully saturated rings. The molecule has 0 saturated heterocycles. The van der Waals surface area contributed by atoms with Crippen LogP contribution in [-0.4, -0.2) is 16.9 Å². The van der Waals surface area contributed by atoms with Crippen molar-refractivity contribution in [2.75, 3.05) is 0 Å². The number of rotatable bonds is 3. The summed E-state index contributed by atoms with van der Waals surface area (Å²) in [7, 11) is 0. The number of hydrogen-bond donors (Lipinski definition) is 1. The molecular weight excluding hydrogens is 224 g/mol. The zero-order valence-corrected chi connectivity index (χ0v) is 9.58. The summed E-state index contributed by atoms with van der Waals surface area (Å²) in [5, 5.41) is 2.91. The summed E-state index contributed by atoms with van der Waals surface area (Å²) in [5.74, 6) is 2.14. The SMILES string of the molecule is C#C[C@@H](NC(=O)c1ccnc(Cl)c1)C(=C)C. The van der Waals surface area contributed by atoms with Gasteiger partial charge in [-0.05, 0) is 24.6 Å². The maximum absolute atomic E-state index is 11.7. The van der Waals surface area contributed by atoms with E-state index in [0.29, 0.717) is 11.1 Å². The van der Waals surface area contributed by atoms with Crippen molar-refractivity contribution < 1.29 is 4.79 Å². The van der Waals surface area contributed by atoms with Crippen molar-refractivity contribution in [1.82, 2.24) is 10.3 Å². The monoisotopic (exact) mass is 234 g/mol. The molecule has 0 aliphatic rings. The van der Waals surface area contributed by atoms with E-state index in [0.717, 1.165) is 0 Å². The van der Waals surface area contributed by atoms with E-state index < -0.39 is 6.04 Å². The van der Waals surface area contributed by atoms with Gasteiger partial charge in [-0.2, -0.15) is 0 Å². The molecule has 0 spiro atoms. The number of aromatic nitrogens is 1. The maximum Gasteiger partial charge on any atom is 0.252 e. The van der Waals surface area contributed by atoms with Crippen LogP contribution in [0.5, 0.6) is 0 Å². The predicted octanol–water partition coefficient (Wildman–Crippen LogP) is 2.04. The highest BCUT2D eigenvalue weighted by Crippen LogP contribution is 2.07. The second-order valence-electron chi connectivity index (χ2n) is 3.29. The molecule has 82 valence electrons. The summed E-state index contributed by atoms with van der Waals surface area (Å²) in [6.45, 7) is 5.45. The van der Waals surface area contributed by atoms with E-state index in [1.807, 2.05) is 0 Å². The van der Waals surface area contributed by atoms with Gasteiger partial charge in [-0.1, -0.05) is 24.1 Å². The molecule has 1 heterocycles. The van der Waals surface area contributed by atoms with Gasteiger partial charge in [0.25, 0.3) is 5.91 Å². The molecule has 0 bridgehead atoms. The van der Waals surface area contributed by atoms with Crippen LogP contribution in [0.1, 0.15) is 17.3 Å². The first-order valence-electron chi connectivity index (χ1n) is 4.58. The van der Waals surface area contributed by atoms with Gasteiger partial charge in [-0.25, -0.2) is 4.98 Å². The number of pyridine rings is 1. The van der Waals surface area contributed by atoms with E-state index >= 15 is 0 Å². The standard InChI is InChI=1S/C12H11ClN2O/c1-4-10(8(2)3)15-12(16)9-5-6-14-11(13)7-9/h1,5-7,10H,2H2,3H3,(H,15,16)/t10-/m1/s1. The molecule has 1 aromatic heterocycles. The lowest BCUT2D eigenvalue weighted by Gasteiger charge is -2.12. The van der Waals surface area contributed by atoms with Crippen molar-refractivity contribution in [3.8, 4) is 12.3 Å². The Morgan fingerprint density at radius 3 is 2.94 bits per heavy atom. The number of nitrogens with zero attached hydrogens (tertiary/aromatic N) is 1. The summed E-state index contributed by atoms with van der Waals surface area (Å²) >= 11 is 5.67. The van der Waals surface area contributed by atoms with Crippen LogP contribution < -0.4 is 5.32 Å². The minimum absolute atomic E-state index is 0.264. The number of hydrogen-bond acceptors (Lipinski definition) is 2. The predicted molar refractivity (Wildman–Crippen MR) is 64.1 cm³/mol.